The molecule has 2 aromatic carbocycles. The molecule has 31 heavy (non-hydrogen) atoms. The number of ether oxygens (including phenoxy) is 2. The second-order valence-corrected chi connectivity index (χ2v) is 7.27. The van der Waals surface area contributed by atoms with Crippen molar-refractivity contribution in [1.29, 1.82) is 5.26 Å². The second kappa shape index (κ2) is 8.73. The molecule has 0 radical (unpaired) electrons. The van der Waals surface area contributed by atoms with Crippen LogP contribution in [0.4, 0.5) is 5.69 Å². The lowest BCUT2D eigenvalue weighted by atomic mass is 10.1. The zero-order valence-electron chi connectivity index (χ0n) is 16.7. The number of thiazole rings is 1. The zero-order valence-corrected chi connectivity index (χ0v) is 17.5. The van der Waals surface area contributed by atoms with Crippen LogP contribution in [0.3, 0.4) is 0 Å². The van der Waals surface area contributed by atoms with Crippen LogP contribution in [0.5, 0.6) is 11.5 Å². The highest BCUT2D eigenvalue weighted by Crippen LogP contribution is 2.30. The first-order valence-corrected chi connectivity index (χ1v) is 10.1. The number of nitrogens with zero attached hydrogens (tertiary/aromatic N) is 2. The maximum absolute atomic E-state index is 12.4. The summed E-state index contributed by atoms with van der Waals surface area (Å²) >= 11 is 1.27. The molecule has 0 fully saturated rings. The van der Waals surface area contributed by atoms with Gasteiger partial charge in [-0.15, -0.1) is 11.3 Å². The van der Waals surface area contributed by atoms with E-state index in [1.165, 1.54) is 11.3 Å². The number of anilines is 1. The van der Waals surface area contributed by atoms with E-state index in [0.717, 1.165) is 11.1 Å². The highest BCUT2D eigenvalue weighted by Gasteiger charge is 2.14. The minimum atomic E-state index is -0.471. The van der Waals surface area contributed by atoms with E-state index in [0.29, 0.717) is 38.9 Å². The number of allylic oxidation sites excluding steroid dienone is 1. The molecule has 8 heteroatoms. The van der Waals surface area contributed by atoms with E-state index in [2.05, 4.69) is 16.4 Å². The smallest absolute Gasteiger partial charge is 0.345 e. The van der Waals surface area contributed by atoms with Gasteiger partial charge in [0.1, 0.15) is 22.2 Å². The van der Waals surface area contributed by atoms with Crippen molar-refractivity contribution in [3.63, 3.8) is 0 Å². The van der Waals surface area contributed by atoms with Crippen molar-refractivity contribution in [3.8, 4) is 28.8 Å². The minimum Gasteiger partial charge on any atom is -0.493 e. The molecule has 0 bridgehead atoms. The number of fused-ring (bicyclic) bond motifs is 1. The number of methoxy groups -OCH3 is 2. The molecule has 0 aliphatic heterocycles. The molecule has 0 spiro atoms. The first-order valence-electron chi connectivity index (χ1n) is 9.21. The van der Waals surface area contributed by atoms with Crippen molar-refractivity contribution in [2.45, 2.75) is 0 Å². The van der Waals surface area contributed by atoms with Gasteiger partial charge < -0.3 is 19.2 Å². The van der Waals surface area contributed by atoms with Gasteiger partial charge in [0.25, 0.3) is 0 Å². The van der Waals surface area contributed by atoms with Gasteiger partial charge in [-0.2, -0.15) is 5.26 Å². The fourth-order valence-corrected chi connectivity index (χ4v) is 3.77. The lowest BCUT2D eigenvalue weighted by molar-refractivity contribution is 0.355. The maximum atomic E-state index is 12.4. The van der Waals surface area contributed by atoms with E-state index in [1.807, 2.05) is 12.1 Å². The monoisotopic (exact) mass is 431 g/mol. The van der Waals surface area contributed by atoms with Gasteiger partial charge in [-0.05, 0) is 24.3 Å². The molecule has 0 amide bonds. The van der Waals surface area contributed by atoms with Crippen molar-refractivity contribution < 1.29 is 13.9 Å². The Morgan fingerprint density at radius 1 is 1.16 bits per heavy atom. The number of para-hydroxylation sites is 1. The average molecular weight is 431 g/mol. The molecule has 2 heterocycles. The van der Waals surface area contributed by atoms with E-state index >= 15 is 0 Å². The molecule has 1 N–H and O–H groups in total. The minimum absolute atomic E-state index is 0.330. The van der Waals surface area contributed by atoms with Crippen LogP contribution in [0.1, 0.15) is 5.01 Å². The summed E-state index contributed by atoms with van der Waals surface area (Å²) in [5.74, 6) is 1.18. The lowest BCUT2D eigenvalue weighted by Crippen LogP contribution is -2.02. The molecule has 0 saturated heterocycles. The Bertz CT molecular complexity index is 1380. The largest absolute Gasteiger partial charge is 0.493 e. The Morgan fingerprint density at radius 3 is 2.74 bits per heavy atom. The predicted molar refractivity (Wildman–Crippen MR) is 120 cm³/mol. The molecule has 0 atom stereocenters. The van der Waals surface area contributed by atoms with Gasteiger partial charge >= 0.3 is 5.63 Å². The van der Waals surface area contributed by atoms with Crippen LogP contribution in [0, 0.1) is 11.3 Å². The Balaban J connectivity index is 1.62. The van der Waals surface area contributed by atoms with Gasteiger partial charge in [0.2, 0.25) is 0 Å². The van der Waals surface area contributed by atoms with Crippen molar-refractivity contribution in [2.24, 2.45) is 0 Å². The van der Waals surface area contributed by atoms with Crippen molar-refractivity contribution >= 4 is 33.6 Å². The predicted octanol–water partition coefficient (Wildman–Crippen LogP) is 4.91. The molecule has 0 aliphatic carbocycles. The average Bonchev–Trinajstić information content (AvgIpc) is 3.28. The number of nitriles is 1. The Hall–Kier alpha value is -4.09. The molecular formula is C23H17N3O4S. The van der Waals surface area contributed by atoms with Gasteiger partial charge in [0.05, 0.1) is 25.5 Å². The number of benzene rings is 2. The number of hydrogen-bond donors (Lipinski definition) is 1. The molecular weight excluding hydrogens is 414 g/mol. The van der Waals surface area contributed by atoms with E-state index in [-0.39, 0.29) is 0 Å². The highest BCUT2D eigenvalue weighted by atomic mass is 32.1. The summed E-state index contributed by atoms with van der Waals surface area (Å²) in [7, 11) is 3.12. The van der Waals surface area contributed by atoms with Crippen LogP contribution in [0.25, 0.3) is 27.8 Å². The third kappa shape index (κ3) is 4.13. The number of aromatic nitrogens is 1. The summed E-state index contributed by atoms with van der Waals surface area (Å²) in [6.45, 7) is 0. The van der Waals surface area contributed by atoms with Crippen LogP contribution in [-0.4, -0.2) is 19.2 Å². The molecule has 0 aliphatic rings. The molecule has 4 rings (SSSR count). The van der Waals surface area contributed by atoms with Gasteiger partial charge in [-0.25, -0.2) is 9.78 Å². The summed E-state index contributed by atoms with van der Waals surface area (Å²) in [5.41, 5.74) is 1.91. The summed E-state index contributed by atoms with van der Waals surface area (Å²) in [4.78, 5) is 16.9. The van der Waals surface area contributed by atoms with Crippen LogP contribution in [0.2, 0.25) is 0 Å². The van der Waals surface area contributed by atoms with E-state index < -0.39 is 5.63 Å². The molecule has 0 saturated carbocycles. The molecule has 7 nitrogen and oxygen atoms in total. The maximum Gasteiger partial charge on any atom is 0.345 e. The van der Waals surface area contributed by atoms with E-state index in [4.69, 9.17) is 13.9 Å². The summed E-state index contributed by atoms with van der Waals surface area (Å²) in [5, 5.41) is 15.7. The number of nitrogens with one attached hydrogen (secondary N) is 1. The zero-order chi connectivity index (χ0) is 21.8. The molecule has 4 aromatic rings. The van der Waals surface area contributed by atoms with Crippen molar-refractivity contribution in [1.82, 2.24) is 4.98 Å². The summed E-state index contributed by atoms with van der Waals surface area (Å²) in [6.07, 6.45) is 1.56. The van der Waals surface area contributed by atoms with Crippen molar-refractivity contribution in [3.05, 3.63) is 75.5 Å². The fraction of sp³-hybridized carbons (Fsp3) is 0.0870. The second-order valence-electron chi connectivity index (χ2n) is 6.41. The van der Waals surface area contributed by atoms with Crippen LogP contribution in [0.15, 0.2) is 69.3 Å². The van der Waals surface area contributed by atoms with E-state index in [1.54, 1.807) is 62.2 Å². The SMILES string of the molecule is COc1ccc(N/C=C(\C#N)c2nc(-c3cc4ccccc4oc3=O)cs2)cc1OC. The van der Waals surface area contributed by atoms with E-state index in [9.17, 15) is 10.1 Å². The summed E-state index contributed by atoms with van der Waals surface area (Å²) in [6, 6.07) is 16.5. The van der Waals surface area contributed by atoms with Gasteiger partial charge in [0, 0.05) is 28.7 Å². The topological polar surface area (TPSA) is 97.4 Å². The Morgan fingerprint density at radius 2 is 1.97 bits per heavy atom. The number of rotatable bonds is 6. The summed E-state index contributed by atoms with van der Waals surface area (Å²) < 4.78 is 15.9. The molecule has 0 unspecified atom stereocenters. The number of hydrogen-bond acceptors (Lipinski definition) is 8. The van der Waals surface area contributed by atoms with Crippen LogP contribution >= 0.6 is 11.3 Å². The first-order chi connectivity index (χ1) is 15.1. The molecule has 154 valence electrons. The highest BCUT2D eigenvalue weighted by molar-refractivity contribution is 7.11. The Labute approximate surface area is 181 Å². The van der Waals surface area contributed by atoms with Crippen molar-refractivity contribution in [2.75, 3.05) is 19.5 Å². The Kier molecular flexibility index (Phi) is 5.69. The van der Waals surface area contributed by atoms with Crippen LogP contribution < -0.4 is 20.4 Å². The normalized spacial score (nSPS) is 11.2. The first kappa shape index (κ1) is 20.2. The molecule has 2 aromatic heterocycles. The van der Waals surface area contributed by atoms with Gasteiger partial charge in [-0.1, -0.05) is 18.2 Å². The van der Waals surface area contributed by atoms with Crippen LogP contribution in [-0.2, 0) is 0 Å². The standard InChI is InChI=1S/C23H17N3O4S/c1-28-20-8-7-16(10-21(20)29-2)25-12-15(11-24)22-26-18(13-31-22)17-9-14-5-3-4-6-19(14)30-23(17)27/h3-10,12-13,25H,1-2H3/b15-12+. The van der Waals surface area contributed by atoms with Gasteiger partial charge in [-0.3, -0.25) is 0 Å². The quantitative estimate of drug-likeness (QED) is 0.342. The van der Waals surface area contributed by atoms with Gasteiger partial charge in [0.15, 0.2) is 11.5 Å². The third-order valence-corrected chi connectivity index (χ3v) is 5.41. The third-order valence-electron chi connectivity index (χ3n) is 4.54. The lowest BCUT2D eigenvalue weighted by Gasteiger charge is -2.09. The fourth-order valence-electron chi connectivity index (χ4n) is 2.99.